The highest BCUT2D eigenvalue weighted by Crippen LogP contribution is 2.43. The lowest BCUT2D eigenvalue weighted by atomic mass is 10.1. The van der Waals surface area contributed by atoms with Crippen molar-refractivity contribution in [3.63, 3.8) is 0 Å². The molecule has 0 aliphatic rings. The van der Waals surface area contributed by atoms with Crippen molar-refractivity contribution < 1.29 is 14.6 Å². The fourth-order valence-corrected chi connectivity index (χ4v) is 1.77. The van der Waals surface area contributed by atoms with E-state index in [1.54, 1.807) is 6.07 Å². The van der Waals surface area contributed by atoms with Gasteiger partial charge in [0.15, 0.2) is 11.5 Å². The molecule has 0 saturated carbocycles. The number of phenols is 1. The van der Waals surface area contributed by atoms with E-state index in [2.05, 4.69) is 0 Å². The number of benzene rings is 1. The van der Waals surface area contributed by atoms with Crippen LogP contribution in [-0.2, 0) is 6.42 Å². The van der Waals surface area contributed by atoms with Crippen molar-refractivity contribution >= 4 is 11.6 Å². The Balaban J connectivity index is 3.16. The van der Waals surface area contributed by atoms with Gasteiger partial charge in [-0.05, 0) is 31.0 Å². The molecule has 0 saturated heterocycles. The molecule has 16 heavy (non-hydrogen) atoms. The van der Waals surface area contributed by atoms with Crippen molar-refractivity contribution in [2.75, 3.05) is 20.8 Å². The molecule has 0 atom stereocenters. The van der Waals surface area contributed by atoms with Gasteiger partial charge in [-0.1, -0.05) is 11.6 Å². The van der Waals surface area contributed by atoms with Gasteiger partial charge in [0, 0.05) is 0 Å². The number of halogens is 1. The van der Waals surface area contributed by atoms with Gasteiger partial charge >= 0.3 is 0 Å². The summed E-state index contributed by atoms with van der Waals surface area (Å²) in [7, 11) is 3.00. The highest BCUT2D eigenvalue weighted by molar-refractivity contribution is 6.33. The number of ether oxygens (including phenoxy) is 2. The van der Waals surface area contributed by atoms with E-state index in [1.807, 2.05) is 0 Å². The average molecular weight is 246 g/mol. The van der Waals surface area contributed by atoms with Crippen LogP contribution in [0.4, 0.5) is 0 Å². The Labute approximate surface area is 99.9 Å². The van der Waals surface area contributed by atoms with Crippen molar-refractivity contribution in [3.05, 3.63) is 16.7 Å². The predicted molar refractivity (Wildman–Crippen MR) is 63.6 cm³/mol. The van der Waals surface area contributed by atoms with Crippen molar-refractivity contribution in [2.24, 2.45) is 5.73 Å². The van der Waals surface area contributed by atoms with Gasteiger partial charge in [-0.3, -0.25) is 0 Å². The highest BCUT2D eigenvalue weighted by atomic mass is 35.5. The highest BCUT2D eigenvalue weighted by Gasteiger charge is 2.17. The number of methoxy groups -OCH3 is 2. The summed E-state index contributed by atoms with van der Waals surface area (Å²) in [4.78, 5) is 0. The second-order valence-corrected chi connectivity index (χ2v) is 3.70. The van der Waals surface area contributed by atoms with Gasteiger partial charge in [0.25, 0.3) is 0 Å². The minimum Gasteiger partial charge on any atom is -0.506 e. The van der Waals surface area contributed by atoms with Gasteiger partial charge < -0.3 is 20.3 Å². The van der Waals surface area contributed by atoms with E-state index >= 15 is 0 Å². The first-order valence-electron chi connectivity index (χ1n) is 4.98. The number of rotatable bonds is 5. The van der Waals surface area contributed by atoms with Gasteiger partial charge in [-0.25, -0.2) is 0 Å². The molecule has 0 aliphatic heterocycles. The molecular formula is C11H16ClNO3. The first kappa shape index (κ1) is 12.9. The summed E-state index contributed by atoms with van der Waals surface area (Å²) in [6, 6.07) is 1.72. The van der Waals surface area contributed by atoms with E-state index < -0.39 is 0 Å². The van der Waals surface area contributed by atoms with Crippen LogP contribution in [0.3, 0.4) is 0 Å². The Kier molecular flexibility index (Phi) is 4.71. The Morgan fingerprint density at radius 2 is 2.06 bits per heavy atom. The lowest BCUT2D eigenvalue weighted by Crippen LogP contribution is -2.01. The Hall–Kier alpha value is -1.13. The molecule has 0 fully saturated rings. The van der Waals surface area contributed by atoms with Crippen LogP contribution in [0.15, 0.2) is 6.07 Å². The van der Waals surface area contributed by atoms with Gasteiger partial charge in [0.05, 0.1) is 14.2 Å². The van der Waals surface area contributed by atoms with Crippen LogP contribution in [0, 0.1) is 0 Å². The quantitative estimate of drug-likeness (QED) is 0.832. The smallest absolute Gasteiger partial charge is 0.183 e. The zero-order valence-corrected chi connectivity index (χ0v) is 10.2. The third kappa shape index (κ3) is 2.51. The first-order valence-corrected chi connectivity index (χ1v) is 5.35. The molecule has 1 aromatic carbocycles. The minimum absolute atomic E-state index is 0.0350. The van der Waals surface area contributed by atoms with Crippen molar-refractivity contribution in [1.29, 1.82) is 0 Å². The van der Waals surface area contributed by atoms with Crippen molar-refractivity contribution in [1.82, 2.24) is 0 Å². The first-order chi connectivity index (χ1) is 7.65. The number of nitrogens with two attached hydrogens (primary N) is 1. The fourth-order valence-electron chi connectivity index (χ4n) is 1.47. The number of phenolic OH excluding ortho intramolecular Hbond substituents is 1. The summed E-state index contributed by atoms with van der Waals surface area (Å²) in [6.07, 6.45) is 1.43. The maximum Gasteiger partial charge on any atom is 0.183 e. The molecule has 90 valence electrons. The van der Waals surface area contributed by atoms with Crippen molar-refractivity contribution in [3.8, 4) is 17.2 Å². The number of hydrogen-bond donors (Lipinski definition) is 2. The maximum atomic E-state index is 9.85. The average Bonchev–Trinajstić information content (AvgIpc) is 2.30. The van der Waals surface area contributed by atoms with E-state index in [-0.39, 0.29) is 10.8 Å². The fraction of sp³-hybridized carbons (Fsp3) is 0.455. The molecule has 5 heteroatoms. The number of hydrogen-bond acceptors (Lipinski definition) is 4. The molecule has 0 unspecified atom stereocenters. The predicted octanol–water partition coefficient (Wildman–Crippen LogP) is 1.95. The normalized spacial score (nSPS) is 10.2. The van der Waals surface area contributed by atoms with Gasteiger partial charge in [0.1, 0.15) is 10.8 Å². The van der Waals surface area contributed by atoms with Crippen LogP contribution >= 0.6 is 11.6 Å². The molecule has 1 aromatic rings. The lowest BCUT2D eigenvalue weighted by Gasteiger charge is -2.13. The molecule has 0 radical (unpaired) electrons. The van der Waals surface area contributed by atoms with Crippen molar-refractivity contribution in [2.45, 2.75) is 12.8 Å². The second-order valence-electron chi connectivity index (χ2n) is 3.33. The summed E-state index contributed by atoms with van der Waals surface area (Å²) in [5.74, 6) is 0.892. The summed E-state index contributed by atoms with van der Waals surface area (Å²) in [5.41, 5.74) is 6.14. The molecule has 3 N–H and O–H groups in total. The maximum absolute atomic E-state index is 9.85. The zero-order valence-electron chi connectivity index (χ0n) is 9.42. The topological polar surface area (TPSA) is 64.7 Å². The number of aromatic hydroxyl groups is 1. The SMILES string of the molecule is COc1cc(CCCN)c(O)c(Cl)c1OC. The van der Waals surface area contributed by atoms with Crippen LogP contribution in [0.2, 0.25) is 5.02 Å². The summed E-state index contributed by atoms with van der Waals surface area (Å²) < 4.78 is 10.2. The Bertz CT molecular complexity index is 369. The van der Waals surface area contributed by atoms with Crippen LogP contribution in [-0.4, -0.2) is 25.9 Å². The molecule has 0 heterocycles. The van der Waals surface area contributed by atoms with E-state index in [0.717, 1.165) is 6.42 Å². The van der Waals surface area contributed by atoms with Gasteiger partial charge in [-0.15, -0.1) is 0 Å². The largest absolute Gasteiger partial charge is 0.506 e. The number of aryl methyl sites for hydroxylation is 1. The molecule has 0 aromatic heterocycles. The summed E-state index contributed by atoms with van der Waals surface area (Å²) in [6.45, 7) is 0.561. The third-order valence-electron chi connectivity index (χ3n) is 2.31. The second kappa shape index (κ2) is 5.82. The van der Waals surface area contributed by atoms with E-state index in [9.17, 15) is 5.11 Å². The molecule has 4 nitrogen and oxygen atoms in total. The minimum atomic E-state index is 0.0350. The molecular weight excluding hydrogens is 230 g/mol. The Morgan fingerprint density at radius 1 is 1.38 bits per heavy atom. The van der Waals surface area contributed by atoms with E-state index in [0.29, 0.717) is 30.0 Å². The monoisotopic (exact) mass is 245 g/mol. The van der Waals surface area contributed by atoms with Gasteiger partial charge in [-0.2, -0.15) is 0 Å². The molecule has 1 rings (SSSR count). The molecule has 0 aliphatic carbocycles. The molecule has 0 amide bonds. The summed E-state index contributed by atoms with van der Waals surface area (Å²) in [5, 5.41) is 10.0. The van der Waals surface area contributed by atoms with Crippen LogP contribution in [0.1, 0.15) is 12.0 Å². The molecule has 0 bridgehead atoms. The van der Waals surface area contributed by atoms with Gasteiger partial charge in [0.2, 0.25) is 0 Å². The summed E-state index contributed by atoms with van der Waals surface area (Å²) >= 11 is 5.98. The third-order valence-corrected chi connectivity index (χ3v) is 2.67. The van der Waals surface area contributed by atoms with Crippen LogP contribution in [0.5, 0.6) is 17.2 Å². The van der Waals surface area contributed by atoms with E-state index in [4.69, 9.17) is 26.8 Å². The van der Waals surface area contributed by atoms with Crippen LogP contribution < -0.4 is 15.2 Å². The standard InChI is InChI=1S/C11H16ClNO3/c1-15-8-6-7(4-3-5-13)10(14)9(12)11(8)16-2/h6,14H,3-5,13H2,1-2H3. The van der Waals surface area contributed by atoms with Crippen LogP contribution in [0.25, 0.3) is 0 Å². The van der Waals surface area contributed by atoms with E-state index in [1.165, 1.54) is 14.2 Å². The lowest BCUT2D eigenvalue weighted by molar-refractivity contribution is 0.350. The zero-order chi connectivity index (χ0) is 12.1. The Morgan fingerprint density at radius 3 is 2.56 bits per heavy atom. The molecule has 0 spiro atoms.